The summed E-state index contributed by atoms with van der Waals surface area (Å²) >= 11 is 0. The maximum atomic E-state index is 12.8. The molecule has 0 heterocycles. The molecule has 0 radical (unpaired) electrons. The first-order chi connectivity index (χ1) is 8.32. The van der Waals surface area contributed by atoms with Crippen LogP contribution in [0.2, 0.25) is 0 Å². The Kier molecular flexibility index (Phi) is 4.25. The molecular formula is C12H15FN2O3. The third-order valence-corrected chi connectivity index (χ3v) is 2.48. The van der Waals surface area contributed by atoms with E-state index >= 15 is 0 Å². The minimum Gasteiger partial charge on any atom is -0.480 e. The molecule has 0 saturated heterocycles. The van der Waals surface area contributed by atoms with Gasteiger partial charge < -0.3 is 16.2 Å². The second kappa shape index (κ2) is 5.48. The van der Waals surface area contributed by atoms with Crippen LogP contribution in [0, 0.1) is 11.7 Å². The van der Waals surface area contributed by atoms with E-state index < -0.39 is 23.7 Å². The van der Waals surface area contributed by atoms with E-state index in [1.807, 2.05) is 0 Å². The minimum atomic E-state index is -1.13. The van der Waals surface area contributed by atoms with Gasteiger partial charge in [-0.25, -0.2) is 9.18 Å². The highest BCUT2D eigenvalue weighted by Gasteiger charge is 2.24. The third kappa shape index (κ3) is 3.19. The SMILES string of the molecule is CC(C)C(NC(=O)c1ccc(F)cc1N)C(=O)O. The average Bonchev–Trinajstić information content (AvgIpc) is 2.24. The molecule has 0 aliphatic heterocycles. The van der Waals surface area contributed by atoms with Crippen LogP contribution in [0.5, 0.6) is 0 Å². The summed E-state index contributed by atoms with van der Waals surface area (Å²) in [7, 11) is 0. The van der Waals surface area contributed by atoms with Crippen molar-refractivity contribution in [3.8, 4) is 0 Å². The molecule has 1 aromatic rings. The summed E-state index contributed by atoms with van der Waals surface area (Å²) in [6.45, 7) is 3.35. The molecule has 0 bridgehead atoms. The molecule has 1 unspecified atom stereocenters. The minimum absolute atomic E-state index is 0.0274. The quantitative estimate of drug-likeness (QED) is 0.705. The van der Waals surface area contributed by atoms with Crippen molar-refractivity contribution >= 4 is 17.6 Å². The summed E-state index contributed by atoms with van der Waals surface area (Å²) in [6, 6.07) is 2.32. The van der Waals surface area contributed by atoms with E-state index in [9.17, 15) is 14.0 Å². The van der Waals surface area contributed by atoms with Crippen LogP contribution in [-0.4, -0.2) is 23.0 Å². The number of carbonyl (C=O) groups is 2. The second-order valence-corrected chi connectivity index (χ2v) is 4.26. The van der Waals surface area contributed by atoms with Crippen molar-refractivity contribution in [3.63, 3.8) is 0 Å². The van der Waals surface area contributed by atoms with Crippen LogP contribution in [0.15, 0.2) is 18.2 Å². The first-order valence-corrected chi connectivity index (χ1v) is 5.41. The largest absolute Gasteiger partial charge is 0.480 e. The summed E-state index contributed by atoms with van der Waals surface area (Å²) in [5.41, 5.74) is 5.53. The van der Waals surface area contributed by atoms with E-state index in [0.717, 1.165) is 12.1 Å². The summed E-state index contributed by atoms with van der Waals surface area (Å²) < 4.78 is 12.8. The molecule has 5 nitrogen and oxygen atoms in total. The van der Waals surface area contributed by atoms with Crippen molar-refractivity contribution in [2.45, 2.75) is 19.9 Å². The molecule has 0 fully saturated rings. The first-order valence-electron chi connectivity index (χ1n) is 5.41. The van der Waals surface area contributed by atoms with Crippen molar-refractivity contribution in [2.75, 3.05) is 5.73 Å². The van der Waals surface area contributed by atoms with Gasteiger partial charge in [0.2, 0.25) is 0 Å². The summed E-state index contributed by atoms with van der Waals surface area (Å²) in [5, 5.41) is 11.3. The summed E-state index contributed by atoms with van der Waals surface area (Å²) in [5.74, 6) is -2.58. The molecule has 6 heteroatoms. The van der Waals surface area contributed by atoms with Gasteiger partial charge in [-0.1, -0.05) is 13.8 Å². The lowest BCUT2D eigenvalue weighted by molar-refractivity contribution is -0.140. The van der Waals surface area contributed by atoms with Gasteiger partial charge in [0, 0.05) is 5.69 Å². The number of nitrogens with one attached hydrogen (secondary N) is 1. The van der Waals surface area contributed by atoms with Gasteiger partial charge in [-0.3, -0.25) is 4.79 Å². The van der Waals surface area contributed by atoms with E-state index in [2.05, 4.69) is 5.32 Å². The summed E-state index contributed by atoms with van der Waals surface area (Å²) in [6.07, 6.45) is 0. The lowest BCUT2D eigenvalue weighted by atomic mass is 10.0. The number of carboxylic acids is 1. The number of amides is 1. The zero-order valence-corrected chi connectivity index (χ0v) is 10.1. The number of halogens is 1. The van der Waals surface area contributed by atoms with Crippen LogP contribution in [0.1, 0.15) is 24.2 Å². The topological polar surface area (TPSA) is 92.4 Å². The van der Waals surface area contributed by atoms with Gasteiger partial charge in [-0.15, -0.1) is 0 Å². The Labute approximate surface area is 104 Å². The fourth-order valence-electron chi connectivity index (χ4n) is 1.47. The van der Waals surface area contributed by atoms with E-state index in [1.54, 1.807) is 13.8 Å². The molecule has 98 valence electrons. The monoisotopic (exact) mass is 254 g/mol. The van der Waals surface area contributed by atoms with E-state index in [0.29, 0.717) is 0 Å². The fraction of sp³-hybridized carbons (Fsp3) is 0.333. The molecular weight excluding hydrogens is 239 g/mol. The van der Waals surface area contributed by atoms with Gasteiger partial charge in [0.05, 0.1) is 5.56 Å². The molecule has 0 aliphatic rings. The van der Waals surface area contributed by atoms with Gasteiger partial charge in [-0.2, -0.15) is 0 Å². The van der Waals surface area contributed by atoms with Gasteiger partial charge >= 0.3 is 5.97 Å². The van der Waals surface area contributed by atoms with Crippen molar-refractivity contribution in [2.24, 2.45) is 5.92 Å². The van der Waals surface area contributed by atoms with Crippen LogP contribution in [0.3, 0.4) is 0 Å². The maximum absolute atomic E-state index is 12.8. The van der Waals surface area contributed by atoms with Crippen LogP contribution >= 0.6 is 0 Å². The predicted molar refractivity (Wildman–Crippen MR) is 64.5 cm³/mol. The molecule has 0 aromatic heterocycles. The van der Waals surface area contributed by atoms with Crippen LogP contribution < -0.4 is 11.1 Å². The maximum Gasteiger partial charge on any atom is 0.326 e. The molecule has 1 rings (SSSR count). The Morgan fingerprint density at radius 3 is 2.44 bits per heavy atom. The summed E-state index contributed by atoms with van der Waals surface area (Å²) in [4.78, 5) is 22.8. The lowest BCUT2D eigenvalue weighted by Crippen LogP contribution is -2.44. The average molecular weight is 254 g/mol. The Hall–Kier alpha value is -2.11. The zero-order valence-electron chi connectivity index (χ0n) is 10.1. The molecule has 0 saturated carbocycles. The highest BCUT2D eigenvalue weighted by atomic mass is 19.1. The van der Waals surface area contributed by atoms with E-state index in [-0.39, 0.29) is 17.2 Å². The van der Waals surface area contributed by atoms with Crippen molar-refractivity contribution in [1.29, 1.82) is 0 Å². The molecule has 1 amide bonds. The van der Waals surface area contributed by atoms with Crippen molar-refractivity contribution in [1.82, 2.24) is 5.32 Å². The number of benzene rings is 1. The van der Waals surface area contributed by atoms with Crippen molar-refractivity contribution in [3.05, 3.63) is 29.6 Å². The highest BCUT2D eigenvalue weighted by molar-refractivity contribution is 6.00. The van der Waals surface area contributed by atoms with Crippen LogP contribution in [0.4, 0.5) is 10.1 Å². The van der Waals surface area contributed by atoms with Crippen LogP contribution in [-0.2, 0) is 4.79 Å². The van der Waals surface area contributed by atoms with Gasteiger partial charge in [-0.05, 0) is 24.1 Å². The number of rotatable bonds is 4. The number of nitrogens with two attached hydrogens (primary N) is 1. The van der Waals surface area contributed by atoms with Crippen molar-refractivity contribution < 1.29 is 19.1 Å². The number of carboxylic acid groups (broad SMARTS) is 1. The van der Waals surface area contributed by atoms with Gasteiger partial charge in [0.15, 0.2) is 0 Å². The van der Waals surface area contributed by atoms with E-state index in [1.165, 1.54) is 6.07 Å². The van der Waals surface area contributed by atoms with Crippen LogP contribution in [0.25, 0.3) is 0 Å². The number of hydrogen-bond acceptors (Lipinski definition) is 3. The number of carbonyl (C=O) groups excluding carboxylic acids is 1. The van der Waals surface area contributed by atoms with Gasteiger partial charge in [0.25, 0.3) is 5.91 Å². The van der Waals surface area contributed by atoms with E-state index in [4.69, 9.17) is 10.8 Å². The molecule has 4 N–H and O–H groups in total. The fourth-order valence-corrected chi connectivity index (χ4v) is 1.47. The predicted octanol–water partition coefficient (Wildman–Crippen LogP) is 1.25. The molecule has 1 aromatic carbocycles. The second-order valence-electron chi connectivity index (χ2n) is 4.26. The first kappa shape index (κ1) is 14.0. The Morgan fingerprint density at radius 2 is 2.00 bits per heavy atom. The lowest BCUT2D eigenvalue weighted by Gasteiger charge is -2.18. The molecule has 0 aliphatic carbocycles. The molecule has 18 heavy (non-hydrogen) atoms. The standard InChI is InChI=1S/C12H15FN2O3/c1-6(2)10(12(17)18)15-11(16)8-4-3-7(13)5-9(8)14/h3-6,10H,14H2,1-2H3,(H,15,16)(H,17,18). The number of nitrogen functional groups attached to an aromatic ring is 1. The smallest absolute Gasteiger partial charge is 0.326 e. The Balaban J connectivity index is 2.91. The number of aliphatic carboxylic acids is 1. The zero-order chi connectivity index (χ0) is 13.9. The number of anilines is 1. The number of hydrogen-bond donors (Lipinski definition) is 3. The normalized spacial score (nSPS) is 12.2. The molecule has 0 spiro atoms. The highest BCUT2D eigenvalue weighted by Crippen LogP contribution is 2.14. The molecule has 1 atom stereocenters. The Bertz CT molecular complexity index is 474. The third-order valence-electron chi connectivity index (χ3n) is 2.48. The Morgan fingerprint density at radius 1 is 1.39 bits per heavy atom. The van der Waals surface area contributed by atoms with Gasteiger partial charge in [0.1, 0.15) is 11.9 Å².